The minimum absolute atomic E-state index is 0.579. The van der Waals surface area contributed by atoms with Gasteiger partial charge in [0.25, 0.3) is 0 Å². The number of benzene rings is 1. The van der Waals surface area contributed by atoms with Crippen molar-refractivity contribution in [3.8, 4) is 0 Å². The smallest absolute Gasteiger partial charge is 0.160 e. The summed E-state index contributed by atoms with van der Waals surface area (Å²) in [5, 5.41) is 6.96. The molecule has 0 amide bonds. The summed E-state index contributed by atoms with van der Waals surface area (Å²) in [6, 6.07) is 9.08. The minimum Gasteiger partial charge on any atom is -0.386 e. The van der Waals surface area contributed by atoms with Crippen LogP contribution in [0.25, 0.3) is 10.9 Å². The average Bonchev–Trinajstić information content (AvgIpc) is 3.18. The van der Waals surface area contributed by atoms with E-state index in [2.05, 4.69) is 45.9 Å². The molecule has 0 radical (unpaired) electrons. The third-order valence-corrected chi connectivity index (χ3v) is 5.70. The Morgan fingerprint density at radius 3 is 2.58 bits per heavy atom. The zero-order valence-electron chi connectivity index (χ0n) is 17.9. The second-order valence-corrected chi connectivity index (χ2v) is 7.88. The van der Waals surface area contributed by atoms with E-state index in [0.717, 1.165) is 29.8 Å². The second kappa shape index (κ2) is 10.8. The lowest BCUT2D eigenvalue weighted by atomic mass is 9.83. The number of fused-ring (bicyclic) bond motifs is 1. The summed E-state index contributed by atoms with van der Waals surface area (Å²) >= 11 is 0. The summed E-state index contributed by atoms with van der Waals surface area (Å²) in [6.07, 6.45) is 11.5. The van der Waals surface area contributed by atoms with E-state index in [1.807, 2.05) is 12.3 Å². The summed E-state index contributed by atoms with van der Waals surface area (Å²) < 4.78 is 25.6. The van der Waals surface area contributed by atoms with Gasteiger partial charge in [-0.3, -0.25) is 4.98 Å². The maximum Gasteiger partial charge on any atom is 0.160 e. The molecule has 164 valence electrons. The van der Waals surface area contributed by atoms with Gasteiger partial charge in [0, 0.05) is 48.3 Å². The van der Waals surface area contributed by atoms with Crippen molar-refractivity contribution in [3.63, 3.8) is 0 Å². The SMILES string of the molecule is C=CC(=C)NC1CCC(Cc2ccccn2)CC1.CNc1c[nH]c2cc(F)c(F)cc12. The van der Waals surface area contributed by atoms with Gasteiger partial charge < -0.3 is 15.6 Å². The van der Waals surface area contributed by atoms with Crippen molar-refractivity contribution in [2.24, 2.45) is 5.92 Å². The Morgan fingerprint density at radius 2 is 1.94 bits per heavy atom. The maximum atomic E-state index is 12.8. The van der Waals surface area contributed by atoms with Crippen LogP contribution in [-0.2, 0) is 6.42 Å². The van der Waals surface area contributed by atoms with Gasteiger partial charge in [-0.25, -0.2) is 8.78 Å². The molecule has 31 heavy (non-hydrogen) atoms. The summed E-state index contributed by atoms with van der Waals surface area (Å²) in [6.45, 7) is 7.64. The number of hydrogen-bond donors (Lipinski definition) is 3. The average molecular weight is 425 g/mol. The fourth-order valence-electron chi connectivity index (χ4n) is 3.97. The van der Waals surface area contributed by atoms with Crippen LogP contribution in [0.3, 0.4) is 0 Å². The molecule has 1 saturated carbocycles. The maximum absolute atomic E-state index is 12.8. The number of aromatic nitrogens is 2. The van der Waals surface area contributed by atoms with Gasteiger partial charge in [0.2, 0.25) is 0 Å². The van der Waals surface area contributed by atoms with Crippen LogP contribution in [0.5, 0.6) is 0 Å². The summed E-state index contributed by atoms with van der Waals surface area (Å²) in [4.78, 5) is 7.25. The van der Waals surface area contributed by atoms with E-state index < -0.39 is 11.6 Å². The monoisotopic (exact) mass is 424 g/mol. The van der Waals surface area contributed by atoms with Crippen LogP contribution in [0.4, 0.5) is 14.5 Å². The van der Waals surface area contributed by atoms with Crippen molar-refractivity contribution in [1.29, 1.82) is 0 Å². The zero-order valence-corrected chi connectivity index (χ0v) is 17.9. The van der Waals surface area contributed by atoms with Crippen molar-refractivity contribution >= 4 is 16.6 Å². The zero-order chi connectivity index (χ0) is 22.2. The van der Waals surface area contributed by atoms with Crippen molar-refractivity contribution in [1.82, 2.24) is 15.3 Å². The van der Waals surface area contributed by atoms with E-state index in [9.17, 15) is 8.78 Å². The lowest BCUT2D eigenvalue weighted by molar-refractivity contribution is 0.302. The van der Waals surface area contributed by atoms with Gasteiger partial charge in [-0.1, -0.05) is 19.2 Å². The van der Waals surface area contributed by atoms with Crippen molar-refractivity contribution < 1.29 is 8.78 Å². The van der Waals surface area contributed by atoms with E-state index in [4.69, 9.17) is 0 Å². The molecule has 1 aromatic carbocycles. The van der Waals surface area contributed by atoms with Crippen LogP contribution in [-0.4, -0.2) is 23.1 Å². The van der Waals surface area contributed by atoms with Gasteiger partial charge in [-0.05, 0) is 62.3 Å². The molecule has 0 unspecified atom stereocenters. The number of rotatable bonds is 6. The van der Waals surface area contributed by atoms with E-state index >= 15 is 0 Å². The highest BCUT2D eigenvalue weighted by atomic mass is 19.2. The Kier molecular flexibility index (Phi) is 7.82. The number of nitrogens with one attached hydrogen (secondary N) is 3. The summed E-state index contributed by atoms with van der Waals surface area (Å²) in [5.41, 5.74) is 3.52. The quantitative estimate of drug-likeness (QED) is 0.428. The number of H-pyrrole nitrogens is 1. The lowest BCUT2D eigenvalue weighted by Gasteiger charge is -2.29. The van der Waals surface area contributed by atoms with Crippen LogP contribution in [0.2, 0.25) is 0 Å². The van der Waals surface area contributed by atoms with Crippen LogP contribution in [0.1, 0.15) is 31.4 Å². The number of hydrogen-bond acceptors (Lipinski definition) is 3. The van der Waals surface area contributed by atoms with E-state index in [0.29, 0.717) is 16.9 Å². The minimum atomic E-state index is -0.836. The molecule has 4 rings (SSSR count). The van der Waals surface area contributed by atoms with Gasteiger partial charge in [0.05, 0.1) is 11.2 Å². The van der Waals surface area contributed by atoms with Crippen molar-refractivity contribution in [2.45, 2.75) is 38.1 Å². The largest absolute Gasteiger partial charge is 0.386 e. The molecule has 1 aliphatic carbocycles. The standard InChI is InChI=1S/C16H22N2.C9H8F2N2/c1-3-13(2)18-15-9-7-14(8-10-15)12-16-6-4-5-11-17-16;1-12-9-4-13-8-3-7(11)6(10)2-5(8)9/h3-6,11,14-15,18H,1-2,7-10,12H2;2-4,12-13H,1H3. The van der Waals surface area contributed by atoms with Gasteiger partial charge >= 0.3 is 0 Å². The molecule has 3 N–H and O–H groups in total. The van der Waals surface area contributed by atoms with Crippen LogP contribution >= 0.6 is 0 Å². The number of nitrogens with zero attached hydrogens (tertiary/aromatic N) is 1. The predicted molar refractivity (Wildman–Crippen MR) is 124 cm³/mol. The Hall–Kier alpha value is -3.15. The lowest BCUT2D eigenvalue weighted by Crippen LogP contribution is -2.32. The summed E-state index contributed by atoms with van der Waals surface area (Å²) in [5.74, 6) is -0.879. The molecular formula is C25H30F2N4. The first-order valence-electron chi connectivity index (χ1n) is 10.6. The normalized spacial score (nSPS) is 18.0. The topological polar surface area (TPSA) is 52.7 Å². The van der Waals surface area contributed by atoms with E-state index in [1.54, 1.807) is 19.3 Å². The molecule has 0 saturated heterocycles. The van der Waals surface area contributed by atoms with Gasteiger partial charge in [-0.2, -0.15) is 0 Å². The highest BCUT2D eigenvalue weighted by molar-refractivity contribution is 5.92. The molecule has 2 aromatic heterocycles. The molecule has 1 aliphatic rings. The van der Waals surface area contributed by atoms with Crippen LogP contribution in [0.15, 0.2) is 67.7 Å². The first-order valence-corrected chi connectivity index (χ1v) is 10.6. The van der Waals surface area contributed by atoms with Gasteiger partial charge in [-0.15, -0.1) is 0 Å². The molecule has 3 aromatic rings. The molecule has 0 bridgehead atoms. The van der Waals surface area contributed by atoms with E-state index in [-0.39, 0.29) is 0 Å². The van der Waals surface area contributed by atoms with Crippen LogP contribution < -0.4 is 10.6 Å². The summed E-state index contributed by atoms with van der Waals surface area (Å²) in [7, 11) is 1.73. The number of anilines is 1. The van der Waals surface area contributed by atoms with Crippen LogP contribution in [0, 0.1) is 17.6 Å². The first-order chi connectivity index (χ1) is 15.0. The van der Waals surface area contributed by atoms with E-state index in [1.165, 1.54) is 37.4 Å². The highest BCUT2D eigenvalue weighted by Gasteiger charge is 2.21. The molecule has 0 spiro atoms. The Balaban J connectivity index is 0.000000185. The Morgan fingerprint density at radius 1 is 1.19 bits per heavy atom. The first kappa shape index (κ1) is 22.5. The Bertz CT molecular complexity index is 1010. The third kappa shape index (κ3) is 6.17. The molecule has 2 heterocycles. The molecule has 0 aliphatic heterocycles. The second-order valence-electron chi connectivity index (χ2n) is 7.88. The molecule has 4 nitrogen and oxygen atoms in total. The molecule has 1 fully saturated rings. The number of allylic oxidation sites excluding steroid dienone is 1. The van der Waals surface area contributed by atoms with Crippen molar-refractivity contribution in [2.75, 3.05) is 12.4 Å². The highest BCUT2D eigenvalue weighted by Crippen LogP contribution is 2.27. The molecule has 6 heteroatoms. The molecular weight excluding hydrogens is 394 g/mol. The number of pyridine rings is 1. The fourth-order valence-corrected chi connectivity index (χ4v) is 3.97. The predicted octanol–water partition coefficient (Wildman–Crippen LogP) is 5.96. The van der Waals surface area contributed by atoms with Crippen molar-refractivity contribution in [3.05, 3.63) is 85.0 Å². The Labute approximate surface area is 182 Å². The van der Waals surface area contributed by atoms with Gasteiger partial charge in [0.15, 0.2) is 11.6 Å². The molecule has 0 atom stereocenters. The fraction of sp³-hybridized carbons (Fsp3) is 0.320. The third-order valence-electron chi connectivity index (χ3n) is 5.70. The number of aromatic amines is 1. The number of halogens is 2. The van der Waals surface area contributed by atoms with Gasteiger partial charge in [0.1, 0.15) is 0 Å².